The zero-order chi connectivity index (χ0) is 16.1. The molecule has 118 valence electrons. The predicted octanol–water partition coefficient (Wildman–Crippen LogP) is 3.56. The number of thioether (sulfide) groups is 1. The van der Waals surface area contributed by atoms with Crippen LogP contribution in [0.4, 0.5) is 22.4 Å². The molecule has 0 bridgehead atoms. The Balaban J connectivity index is 2.46. The summed E-state index contributed by atoms with van der Waals surface area (Å²) in [5.41, 5.74) is -0.789. The third kappa shape index (κ3) is 7.22. The van der Waals surface area contributed by atoms with Gasteiger partial charge in [-0.2, -0.15) is 13.2 Å². The van der Waals surface area contributed by atoms with Gasteiger partial charge in [-0.25, -0.2) is 9.18 Å². The summed E-state index contributed by atoms with van der Waals surface area (Å²) < 4.78 is 49.4. The number of hydrogen-bond donors (Lipinski definition) is 2. The Morgan fingerprint density at radius 3 is 2.43 bits per heavy atom. The maximum atomic E-state index is 13.4. The van der Waals surface area contributed by atoms with Gasteiger partial charge in [0.1, 0.15) is 12.4 Å². The first-order chi connectivity index (χ1) is 9.59. The highest BCUT2D eigenvalue weighted by Crippen LogP contribution is 2.24. The van der Waals surface area contributed by atoms with Crippen LogP contribution in [0.5, 0.6) is 0 Å². The summed E-state index contributed by atoms with van der Waals surface area (Å²) in [6.07, 6.45) is -4.45. The molecule has 21 heavy (non-hydrogen) atoms. The first kappa shape index (κ1) is 17.6. The molecule has 2 amide bonds. The molecule has 0 aromatic heterocycles. The maximum absolute atomic E-state index is 13.4. The molecule has 0 aliphatic heterocycles. The third-order valence-corrected chi connectivity index (χ3v) is 3.83. The zero-order valence-electron chi connectivity index (χ0n) is 11.6. The normalized spacial score (nSPS) is 12.1. The van der Waals surface area contributed by atoms with Crippen molar-refractivity contribution in [1.82, 2.24) is 10.6 Å². The first-order valence-electron chi connectivity index (χ1n) is 6.09. The van der Waals surface area contributed by atoms with E-state index in [9.17, 15) is 22.4 Å². The van der Waals surface area contributed by atoms with E-state index >= 15 is 0 Å². The van der Waals surface area contributed by atoms with E-state index < -0.39 is 24.3 Å². The number of benzene rings is 1. The molecule has 0 atom stereocenters. The van der Waals surface area contributed by atoms with Gasteiger partial charge in [0.15, 0.2) is 0 Å². The Kier molecular flexibility index (Phi) is 5.88. The minimum Gasteiger partial charge on any atom is -0.332 e. The highest BCUT2D eigenvalue weighted by Gasteiger charge is 2.29. The smallest absolute Gasteiger partial charge is 0.332 e. The molecule has 0 unspecified atom stereocenters. The van der Waals surface area contributed by atoms with Gasteiger partial charge >= 0.3 is 12.2 Å². The van der Waals surface area contributed by atoms with E-state index in [0.29, 0.717) is 10.6 Å². The maximum Gasteiger partial charge on any atom is 0.405 e. The molecule has 2 N–H and O–H groups in total. The average Bonchev–Trinajstić information content (AvgIpc) is 2.34. The molecule has 1 aromatic carbocycles. The number of nitrogens with one attached hydrogen (secondary N) is 2. The topological polar surface area (TPSA) is 41.1 Å². The fourth-order valence-electron chi connectivity index (χ4n) is 1.39. The Bertz CT molecular complexity index is 491. The molecule has 1 aromatic rings. The number of alkyl halides is 3. The first-order valence-corrected chi connectivity index (χ1v) is 7.08. The summed E-state index contributed by atoms with van der Waals surface area (Å²) in [6, 6.07) is 5.25. The summed E-state index contributed by atoms with van der Waals surface area (Å²) >= 11 is 1.18. The lowest BCUT2D eigenvalue weighted by molar-refractivity contribution is -0.122. The Morgan fingerprint density at radius 2 is 1.86 bits per heavy atom. The van der Waals surface area contributed by atoms with E-state index in [2.05, 4.69) is 5.32 Å². The van der Waals surface area contributed by atoms with Gasteiger partial charge in [0, 0.05) is 16.2 Å². The molecular weight excluding hydrogens is 308 g/mol. The molecule has 0 aliphatic rings. The summed E-state index contributed by atoms with van der Waals surface area (Å²) in [6.45, 7) is 1.90. The summed E-state index contributed by atoms with van der Waals surface area (Å²) in [5.74, 6) is -0.0623. The molecule has 1 rings (SSSR count). The van der Waals surface area contributed by atoms with Crippen molar-refractivity contribution >= 4 is 17.8 Å². The Hall–Kier alpha value is -1.44. The van der Waals surface area contributed by atoms with Gasteiger partial charge in [0.25, 0.3) is 0 Å². The fraction of sp³-hybridized carbons (Fsp3) is 0.462. The van der Waals surface area contributed by atoms with Crippen LogP contribution in [0.1, 0.15) is 13.8 Å². The minimum absolute atomic E-state index is 0.313. The van der Waals surface area contributed by atoms with E-state index in [1.54, 1.807) is 37.4 Å². The zero-order valence-corrected chi connectivity index (χ0v) is 12.4. The fourth-order valence-corrected chi connectivity index (χ4v) is 2.36. The number of carbonyl (C=O) groups is 1. The lowest BCUT2D eigenvalue weighted by Gasteiger charge is -2.26. The van der Waals surface area contributed by atoms with E-state index in [4.69, 9.17) is 0 Å². The van der Waals surface area contributed by atoms with Gasteiger partial charge in [-0.1, -0.05) is 12.1 Å². The van der Waals surface area contributed by atoms with Crippen LogP contribution in [0.2, 0.25) is 0 Å². The van der Waals surface area contributed by atoms with Gasteiger partial charge in [-0.3, -0.25) is 0 Å². The highest BCUT2D eigenvalue weighted by atomic mass is 32.2. The second kappa shape index (κ2) is 7.02. The van der Waals surface area contributed by atoms with Crippen molar-refractivity contribution in [2.75, 3.05) is 12.3 Å². The predicted molar refractivity (Wildman–Crippen MR) is 73.8 cm³/mol. The van der Waals surface area contributed by atoms with Gasteiger partial charge in [0.2, 0.25) is 0 Å². The number of rotatable bonds is 5. The quantitative estimate of drug-likeness (QED) is 0.642. The SMILES string of the molecule is CC(C)(CSc1ccccc1F)NC(=O)NCC(F)(F)F. The number of carbonyl (C=O) groups excluding carboxylic acids is 1. The van der Waals surface area contributed by atoms with Crippen LogP contribution < -0.4 is 10.6 Å². The minimum atomic E-state index is -4.45. The summed E-state index contributed by atoms with van der Waals surface area (Å²) in [4.78, 5) is 11.8. The average molecular weight is 324 g/mol. The van der Waals surface area contributed by atoms with Crippen LogP contribution in [0.15, 0.2) is 29.2 Å². The van der Waals surface area contributed by atoms with Crippen LogP contribution in [-0.2, 0) is 0 Å². The lowest BCUT2D eigenvalue weighted by atomic mass is 10.1. The van der Waals surface area contributed by atoms with Crippen molar-refractivity contribution < 1.29 is 22.4 Å². The summed E-state index contributed by atoms with van der Waals surface area (Å²) in [7, 11) is 0. The second-order valence-electron chi connectivity index (χ2n) is 5.03. The third-order valence-electron chi connectivity index (χ3n) is 2.33. The number of amides is 2. The van der Waals surface area contributed by atoms with Gasteiger partial charge < -0.3 is 10.6 Å². The van der Waals surface area contributed by atoms with Crippen molar-refractivity contribution in [2.45, 2.75) is 30.5 Å². The Morgan fingerprint density at radius 1 is 1.24 bits per heavy atom. The monoisotopic (exact) mass is 324 g/mol. The number of halogens is 4. The number of urea groups is 1. The number of hydrogen-bond acceptors (Lipinski definition) is 2. The molecule has 3 nitrogen and oxygen atoms in total. The summed E-state index contributed by atoms with van der Waals surface area (Å²) in [5, 5.41) is 4.16. The molecule has 0 saturated carbocycles. The van der Waals surface area contributed by atoms with E-state index in [-0.39, 0.29) is 5.82 Å². The molecule has 0 radical (unpaired) electrons. The Labute approximate surface area is 124 Å². The van der Waals surface area contributed by atoms with E-state index in [1.807, 2.05) is 0 Å². The van der Waals surface area contributed by atoms with Gasteiger partial charge in [0.05, 0.1) is 0 Å². The van der Waals surface area contributed by atoms with Crippen LogP contribution in [0.25, 0.3) is 0 Å². The van der Waals surface area contributed by atoms with Gasteiger partial charge in [-0.05, 0) is 26.0 Å². The standard InChI is InChI=1S/C13H16F4N2OS/c1-12(2,19-11(20)18-7-13(15,16)17)8-21-10-6-4-3-5-9(10)14/h3-6H,7-8H2,1-2H3,(H2,18,19,20). The van der Waals surface area contributed by atoms with Crippen molar-refractivity contribution in [1.29, 1.82) is 0 Å². The molecule has 0 heterocycles. The van der Waals surface area contributed by atoms with Crippen molar-refractivity contribution in [3.63, 3.8) is 0 Å². The van der Waals surface area contributed by atoms with Crippen molar-refractivity contribution in [3.8, 4) is 0 Å². The molecule has 0 aliphatic carbocycles. The molecule has 0 saturated heterocycles. The van der Waals surface area contributed by atoms with Gasteiger partial charge in [-0.15, -0.1) is 11.8 Å². The van der Waals surface area contributed by atoms with Crippen molar-refractivity contribution in [2.24, 2.45) is 0 Å². The van der Waals surface area contributed by atoms with Crippen LogP contribution >= 0.6 is 11.8 Å². The molecule has 0 fully saturated rings. The second-order valence-corrected chi connectivity index (χ2v) is 6.04. The van der Waals surface area contributed by atoms with E-state index in [1.165, 1.54) is 17.8 Å². The molecule has 8 heteroatoms. The van der Waals surface area contributed by atoms with E-state index in [0.717, 1.165) is 0 Å². The highest BCUT2D eigenvalue weighted by molar-refractivity contribution is 7.99. The largest absolute Gasteiger partial charge is 0.405 e. The van der Waals surface area contributed by atoms with Crippen LogP contribution in [0.3, 0.4) is 0 Å². The van der Waals surface area contributed by atoms with Crippen LogP contribution in [0, 0.1) is 5.82 Å². The van der Waals surface area contributed by atoms with Crippen molar-refractivity contribution in [3.05, 3.63) is 30.1 Å². The lowest BCUT2D eigenvalue weighted by Crippen LogP contribution is -2.51. The molecular formula is C13H16F4N2OS. The molecule has 0 spiro atoms. The van der Waals surface area contributed by atoms with Crippen LogP contribution in [-0.4, -0.2) is 30.0 Å².